The molecule has 1 fully saturated rings. The molecule has 0 bridgehead atoms. The monoisotopic (exact) mass is 410 g/mol. The first-order valence-electron chi connectivity index (χ1n) is 9.69. The minimum atomic E-state index is -3.68. The number of ether oxygens (including phenoxy) is 1. The van der Waals surface area contributed by atoms with Crippen molar-refractivity contribution in [2.24, 2.45) is 0 Å². The average molecular weight is 410 g/mol. The van der Waals surface area contributed by atoms with Crippen molar-refractivity contribution in [1.82, 2.24) is 8.87 Å². The number of piperidine rings is 1. The highest BCUT2D eigenvalue weighted by atomic mass is 32.2. The van der Waals surface area contributed by atoms with Gasteiger partial charge in [0, 0.05) is 18.7 Å². The average Bonchev–Trinajstić information content (AvgIpc) is 3.00. The van der Waals surface area contributed by atoms with Crippen LogP contribution in [0.4, 0.5) is 0 Å². The standard InChI is InChI=1S/C19H26N2O6S/c1-3-11-26-18(22)13-20-16-9-8-15(12-17(16)27-19(20)23)28(24,25)21-10-6-5-7-14(21)4-2/h8-9,12,14H,3-7,10-11,13H2,1-2H3/t14-/m1/s1. The molecule has 0 amide bonds. The van der Waals surface area contributed by atoms with E-state index in [1.54, 1.807) is 4.31 Å². The normalized spacial score (nSPS) is 18.4. The Hall–Kier alpha value is -2.13. The lowest BCUT2D eigenvalue weighted by atomic mass is 10.0. The third-order valence-electron chi connectivity index (χ3n) is 5.05. The zero-order chi connectivity index (χ0) is 20.3. The van der Waals surface area contributed by atoms with E-state index in [1.807, 2.05) is 13.8 Å². The summed E-state index contributed by atoms with van der Waals surface area (Å²) < 4.78 is 39.1. The molecule has 1 aliphatic heterocycles. The molecular formula is C19H26N2O6S. The van der Waals surface area contributed by atoms with Gasteiger partial charge in [0.05, 0.1) is 17.0 Å². The van der Waals surface area contributed by atoms with Crippen molar-refractivity contribution in [3.63, 3.8) is 0 Å². The van der Waals surface area contributed by atoms with E-state index < -0.39 is 21.7 Å². The Morgan fingerprint density at radius 1 is 1.29 bits per heavy atom. The molecular weight excluding hydrogens is 384 g/mol. The Labute approximate surface area is 164 Å². The van der Waals surface area contributed by atoms with E-state index in [2.05, 4.69) is 0 Å². The Balaban J connectivity index is 1.92. The highest BCUT2D eigenvalue weighted by molar-refractivity contribution is 7.89. The number of rotatable bonds is 7. The number of sulfonamides is 1. The second-order valence-electron chi connectivity index (χ2n) is 6.98. The molecule has 0 spiro atoms. The van der Waals surface area contributed by atoms with Crippen LogP contribution in [0.3, 0.4) is 0 Å². The summed E-state index contributed by atoms with van der Waals surface area (Å²) in [7, 11) is -3.68. The molecule has 1 aliphatic rings. The van der Waals surface area contributed by atoms with E-state index >= 15 is 0 Å². The van der Waals surface area contributed by atoms with Crippen LogP contribution >= 0.6 is 0 Å². The number of hydrogen-bond acceptors (Lipinski definition) is 6. The first-order chi connectivity index (χ1) is 13.4. The fourth-order valence-corrected chi connectivity index (χ4v) is 5.36. The smallest absolute Gasteiger partial charge is 0.420 e. The molecule has 0 N–H and O–H groups in total. The predicted molar refractivity (Wildman–Crippen MR) is 104 cm³/mol. The number of carbonyl (C=O) groups excluding carboxylic acids is 1. The molecule has 0 aliphatic carbocycles. The predicted octanol–water partition coefficient (Wildman–Crippen LogP) is 2.50. The van der Waals surface area contributed by atoms with Crippen molar-refractivity contribution in [2.45, 2.75) is 63.4 Å². The zero-order valence-electron chi connectivity index (χ0n) is 16.2. The van der Waals surface area contributed by atoms with Crippen molar-refractivity contribution >= 4 is 27.1 Å². The quantitative estimate of drug-likeness (QED) is 0.651. The van der Waals surface area contributed by atoms with E-state index in [-0.39, 0.29) is 29.7 Å². The van der Waals surface area contributed by atoms with Gasteiger partial charge in [0.15, 0.2) is 5.58 Å². The van der Waals surface area contributed by atoms with Crippen LogP contribution in [-0.4, -0.2) is 42.5 Å². The largest absolute Gasteiger partial charge is 0.464 e. The Morgan fingerprint density at radius 2 is 2.07 bits per heavy atom. The highest BCUT2D eigenvalue weighted by Gasteiger charge is 2.33. The van der Waals surface area contributed by atoms with Gasteiger partial charge in [-0.3, -0.25) is 9.36 Å². The van der Waals surface area contributed by atoms with Crippen LogP contribution in [0.15, 0.2) is 32.3 Å². The van der Waals surface area contributed by atoms with Gasteiger partial charge >= 0.3 is 11.7 Å². The van der Waals surface area contributed by atoms with Gasteiger partial charge in [0.2, 0.25) is 10.0 Å². The van der Waals surface area contributed by atoms with Gasteiger partial charge in [-0.2, -0.15) is 4.31 Å². The maximum Gasteiger partial charge on any atom is 0.420 e. The summed E-state index contributed by atoms with van der Waals surface area (Å²) in [6.07, 6.45) is 4.15. The minimum absolute atomic E-state index is 0.0145. The molecule has 154 valence electrons. The Kier molecular flexibility index (Phi) is 6.24. The van der Waals surface area contributed by atoms with Crippen molar-refractivity contribution in [2.75, 3.05) is 13.2 Å². The molecule has 0 saturated carbocycles. The van der Waals surface area contributed by atoms with Crippen molar-refractivity contribution in [3.8, 4) is 0 Å². The SMILES string of the molecule is CCCOC(=O)Cn1c(=O)oc2cc(S(=O)(=O)N3CCCC[C@H]3CC)ccc21. The number of esters is 1. The van der Waals surface area contributed by atoms with Gasteiger partial charge in [0.25, 0.3) is 0 Å². The van der Waals surface area contributed by atoms with Crippen molar-refractivity contribution in [3.05, 3.63) is 28.7 Å². The fraction of sp³-hybridized carbons (Fsp3) is 0.579. The lowest BCUT2D eigenvalue weighted by Gasteiger charge is -2.34. The number of aromatic nitrogens is 1. The van der Waals surface area contributed by atoms with E-state index in [1.165, 1.54) is 18.2 Å². The molecule has 0 radical (unpaired) electrons. The van der Waals surface area contributed by atoms with Crippen molar-refractivity contribution in [1.29, 1.82) is 0 Å². The maximum atomic E-state index is 13.1. The van der Waals surface area contributed by atoms with Crippen LogP contribution in [0.1, 0.15) is 46.0 Å². The van der Waals surface area contributed by atoms with Gasteiger partial charge in [-0.25, -0.2) is 13.2 Å². The van der Waals surface area contributed by atoms with E-state index in [4.69, 9.17) is 9.15 Å². The summed E-state index contributed by atoms with van der Waals surface area (Å²) >= 11 is 0. The molecule has 2 heterocycles. The van der Waals surface area contributed by atoms with E-state index in [0.29, 0.717) is 18.5 Å². The van der Waals surface area contributed by atoms with E-state index in [0.717, 1.165) is 30.3 Å². The van der Waals surface area contributed by atoms with Gasteiger partial charge in [0.1, 0.15) is 6.54 Å². The third-order valence-corrected chi connectivity index (χ3v) is 6.99. The summed E-state index contributed by atoms with van der Waals surface area (Å²) in [5.41, 5.74) is 0.502. The number of nitrogens with zero attached hydrogens (tertiary/aromatic N) is 2. The molecule has 0 unspecified atom stereocenters. The first-order valence-corrected chi connectivity index (χ1v) is 11.1. The molecule has 9 heteroatoms. The first kappa shape index (κ1) is 20.6. The van der Waals surface area contributed by atoms with Crippen LogP contribution in [0.25, 0.3) is 11.1 Å². The Morgan fingerprint density at radius 3 is 2.79 bits per heavy atom. The molecule has 1 aromatic heterocycles. The van der Waals surface area contributed by atoms with Crippen molar-refractivity contribution < 1.29 is 22.4 Å². The van der Waals surface area contributed by atoms with E-state index in [9.17, 15) is 18.0 Å². The zero-order valence-corrected chi connectivity index (χ0v) is 17.0. The summed E-state index contributed by atoms with van der Waals surface area (Å²) in [5.74, 6) is -1.26. The number of carbonyl (C=O) groups is 1. The lowest BCUT2D eigenvalue weighted by molar-refractivity contribution is -0.144. The fourth-order valence-electron chi connectivity index (χ4n) is 3.58. The van der Waals surface area contributed by atoms with Crippen LogP contribution in [0, 0.1) is 0 Å². The summed E-state index contributed by atoms with van der Waals surface area (Å²) in [6, 6.07) is 4.31. The second kappa shape index (κ2) is 8.48. The molecule has 1 atom stereocenters. The van der Waals surface area contributed by atoms with Gasteiger partial charge in [-0.1, -0.05) is 20.3 Å². The summed E-state index contributed by atoms with van der Waals surface area (Å²) in [5, 5.41) is 0. The molecule has 1 aromatic carbocycles. The van der Waals surface area contributed by atoms with Crippen LogP contribution < -0.4 is 5.76 Å². The minimum Gasteiger partial charge on any atom is -0.464 e. The summed E-state index contributed by atoms with van der Waals surface area (Å²) in [6.45, 7) is 4.36. The van der Waals surface area contributed by atoms with Crippen LogP contribution in [-0.2, 0) is 26.1 Å². The van der Waals surface area contributed by atoms with Crippen LogP contribution in [0.5, 0.6) is 0 Å². The summed E-state index contributed by atoms with van der Waals surface area (Å²) in [4.78, 5) is 24.1. The molecule has 3 rings (SSSR count). The molecule has 28 heavy (non-hydrogen) atoms. The second-order valence-corrected chi connectivity index (χ2v) is 8.87. The number of benzene rings is 1. The van der Waals surface area contributed by atoms with Crippen LogP contribution in [0.2, 0.25) is 0 Å². The molecule has 8 nitrogen and oxygen atoms in total. The maximum absolute atomic E-state index is 13.1. The van der Waals surface area contributed by atoms with Gasteiger partial charge in [-0.05, 0) is 37.8 Å². The molecule has 2 aromatic rings. The lowest BCUT2D eigenvalue weighted by Crippen LogP contribution is -2.43. The topological polar surface area (TPSA) is 98.8 Å². The number of fused-ring (bicyclic) bond motifs is 1. The Bertz CT molecular complexity index is 1010. The highest BCUT2D eigenvalue weighted by Crippen LogP contribution is 2.28. The number of hydrogen-bond donors (Lipinski definition) is 0. The van der Waals surface area contributed by atoms with Gasteiger partial charge in [-0.15, -0.1) is 0 Å². The molecule has 1 saturated heterocycles. The third kappa shape index (κ3) is 4.00. The number of oxazole rings is 1. The van der Waals surface area contributed by atoms with Gasteiger partial charge < -0.3 is 9.15 Å².